The van der Waals surface area contributed by atoms with E-state index < -0.39 is 0 Å². The fourth-order valence-electron chi connectivity index (χ4n) is 3.10. The molecular weight excluding hydrogens is 356 g/mol. The Labute approximate surface area is 146 Å². The zero-order valence-electron chi connectivity index (χ0n) is 13.3. The number of hydrogen-bond acceptors (Lipinski definition) is 3. The van der Waals surface area contributed by atoms with Crippen molar-refractivity contribution in [3.63, 3.8) is 0 Å². The molecule has 2 fully saturated rings. The van der Waals surface area contributed by atoms with Crippen LogP contribution in [0.1, 0.15) is 18.4 Å². The molecule has 1 amide bonds. The fourth-order valence-corrected chi connectivity index (χ4v) is 3.52. The topological polar surface area (TPSA) is 32.8 Å². The van der Waals surface area contributed by atoms with E-state index in [-0.39, 0.29) is 5.91 Å². The van der Waals surface area contributed by atoms with E-state index in [1.165, 1.54) is 12.8 Å². The zero-order chi connectivity index (χ0) is 16.1. The SMILES string of the molecule is O=C(/C=C/c1ccccc1Br)N1CCN(CC2CCCO2)CC1. The van der Waals surface area contributed by atoms with Crippen LogP contribution in [0.2, 0.25) is 0 Å². The van der Waals surface area contributed by atoms with Gasteiger partial charge in [0.2, 0.25) is 5.91 Å². The standard InChI is InChI=1S/C18H23BrN2O2/c19-17-6-2-1-4-15(17)7-8-18(22)21-11-9-20(10-12-21)14-16-5-3-13-23-16/h1-2,4,6-8,16H,3,5,9-14H2/b8-7+. The lowest BCUT2D eigenvalue weighted by Gasteiger charge is -2.35. The second kappa shape index (κ2) is 8.08. The molecule has 0 bridgehead atoms. The number of carbonyl (C=O) groups is 1. The number of amides is 1. The maximum Gasteiger partial charge on any atom is 0.246 e. The minimum absolute atomic E-state index is 0.0949. The summed E-state index contributed by atoms with van der Waals surface area (Å²) in [5, 5.41) is 0. The van der Waals surface area contributed by atoms with Crippen LogP contribution in [0.3, 0.4) is 0 Å². The smallest absolute Gasteiger partial charge is 0.246 e. The molecule has 0 saturated carbocycles. The molecule has 2 heterocycles. The third-order valence-electron chi connectivity index (χ3n) is 4.48. The van der Waals surface area contributed by atoms with Gasteiger partial charge >= 0.3 is 0 Å². The average Bonchev–Trinajstić information content (AvgIpc) is 3.07. The Kier molecular flexibility index (Phi) is 5.86. The summed E-state index contributed by atoms with van der Waals surface area (Å²) in [6.45, 7) is 5.39. The van der Waals surface area contributed by atoms with Gasteiger partial charge in [-0.15, -0.1) is 0 Å². The molecule has 0 N–H and O–H groups in total. The molecule has 2 aliphatic heterocycles. The van der Waals surface area contributed by atoms with Crippen molar-refractivity contribution in [1.82, 2.24) is 9.80 Å². The molecule has 0 aliphatic carbocycles. The maximum atomic E-state index is 12.3. The maximum absolute atomic E-state index is 12.3. The molecule has 2 aliphatic rings. The summed E-state index contributed by atoms with van der Waals surface area (Å²) in [5.41, 5.74) is 1.03. The van der Waals surface area contributed by atoms with Crippen molar-refractivity contribution in [2.24, 2.45) is 0 Å². The van der Waals surface area contributed by atoms with E-state index in [9.17, 15) is 4.79 Å². The molecule has 0 radical (unpaired) electrons. The largest absolute Gasteiger partial charge is 0.377 e. The van der Waals surface area contributed by atoms with Gasteiger partial charge in [0.25, 0.3) is 0 Å². The van der Waals surface area contributed by atoms with Crippen LogP contribution < -0.4 is 0 Å². The van der Waals surface area contributed by atoms with Gasteiger partial charge in [-0.2, -0.15) is 0 Å². The van der Waals surface area contributed by atoms with E-state index in [1.807, 2.05) is 35.2 Å². The Morgan fingerprint density at radius 3 is 2.74 bits per heavy atom. The van der Waals surface area contributed by atoms with Gasteiger partial charge in [-0.05, 0) is 30.5 Å². The first-order valence-corrected chi connectivity index (χ1v) is 9.07. The number of halogens is 1. The first-order chi connectivity index (χ1) is 11.2. The van der Waals surface area contributed by atoms with Gasteiger partial charge in [-0.1, -0.05) is 34.1 Å². The van der Waals surface area contributed by atoms with Crippen LogP contribution in [0.5, 0.6) is 0 Å². The van der Waals surface area contributed by atoms with Crippen LogP contribution in [-0.4, -0.2) is 61.1 Å². The summed E-state index contributed by atoms with van der Waals surface area (Å²) in [7, 11) is 0. The van der Waals surface area contributed by atoms with E-state index in [0.717, 1.165) is 49.4 Å². The summed E-state index contributed by atoms with van der Waals surface area (Å²) >= 11 is 3.50. The molecule has 3 rings (SSSR count). The van der Waals surface area contributed by atoms with Crippen LogP contribution >= 0.6 is 15.9 Å². The van der Waals surface area contributed by atoms with E-state index in [0.29, 0.717) is 6.10 Å². The summed E-state index contributed by atoms with van der Waals surface area (Å²) < 4.78 is 6.70. The molecule has 1 aromatic rings. The average molecular weight is 379 g/mol. The van der Waals surface area contributed by atoms with Gasteiger partial charge in [0, 0.05) is 49.9 Å². The summed E-state index contributed by atoms with van der Waals surface area (Å²) in [5.74, 6) is 0.0949. The van der Waals surface area contributed by atoms with Gasteiger partial charge in [-0.25, -0.2) is 0 Å². The molecule has 4 nitrogen and oxygen atoms in total. The van der Waals surface area contributed by atoms with Crippen molar-refractivity contribution in [2.75, 3.05) is 39.3 Å². The minimum atomic E-state index is 0.0949. The van der Waals surface area contributed by atoms with Gasteiger partial charge in [-0.3, -0.25) is 9.69 Å². The predicted molar refractivity (Wildman–Crippen MR) is 95.2 cm³/mol. The van der Waals surface area contributed by atoms with Gasteiger partial charge in [0.05, 0.1) is 6.10 Å². The molecule has 1 unspecified atom stereocenters. The van der Waals surface area contributed by atoms with Crippen LogP contribution in [0.4, 0.5) is 0 Å². The van der Waals surface area contributed by atoms with Crippen molar-refractivity contribution in [3.05, 3.63) is 40.4 Å². The van der Waals surface area contributed by atoms with E-state index >= 15 is 0 Å². The fraction of sp³-hybridized carbons (Fsp3) is 0.500. The summed E-state index contributed by atoms with van der Waals surface area (Å²) in [6, 6.07) is 7.91. The van der Waals surface area contributed by atoms with Gasteiger partial charge in [0.1, 0.15) is 0 Å². The lowest BCUT2D eigenvalue weighted by Crippen LogP contribution is -2.50. The van der Waals surface area contributed by atoms with Crippen molar-refractivity contribution >= 4 is 27.9 Å². The van der Waals surface area contributed by atoms with Crippen LogP contribution in [-0.2, 0) is 9.53 Å². The highest BCUT2D eigenvalue weighted by atomic mass is 79.9. The van der Waals surface area contributed by atoms with Crippen molar-refractivity contribution < 1.29 is 9.53 Å². The van der Waals surface area contributed by atoms with Crippen LogP contribution in [0.15, 0.2) is 34.8 Å². The quantitative estimate of drug-likeness (QED) is 0.755. The van der Waals surface area contributed by atoms with E-state index in [4.69, 9.17) is 4.74 Å². The number of ether oxygens (including phenoxy) is 1. The number of rotatable bonds is 4. The molecule has 1 aromatic carbocycles. The monoisotopic (exact) mass is 378 g/mol. The van der Waals surface area contributed by atoms with Crippen LogP contribution in [0.25, 0.3) is 6.08 Å². The number of piperazine rings is 1. The third-order valence-corrected chi connectivity index (χ3v) is 5.20. The highest BCUT2D eigenvalue weighted by molar-refractivity contribution is 9.10. The Bertz CT molecular complexity index is 562. The predicted octanol–water partition coefficient (Wildman–Crippen LogP) is 2.79. The minimum Gasteiger partial charge on any atom is -0.377 e. The Morgan fingerprint density at radius 1 is 1.26 bits per heavy atom. The molecule has 5 heteroatoms. The molecule has 2 saturated heterocycles. The number of benzene rings is 1. The molecule has 23 heavy (non-hydrogen) atoms. The molecule has 0 spiro atoms. The van der Waals surface area contributed by atoms with Gasteiger partial charge < -0.3 is 9.64 Å². The highest BCUT2D eigenvalue weighted by Gasteiger charge is 2.23. The molecule has 0 aromatic heterocycles. The highest BCUT2D eigenvalue weighted by Crippen LogP contribution is 2.18. The first kappa shape index (κ1) is 16.7. The summed E-state index contributed by atoms with van der Waals surface area (Å²) in [4.78, 5) is 16.7. The molecule has 1 atom stereocenters. The second-order valence-corrected chi connectivity index (χ2v) is 6.97. The van der Waals surface area contributed by atoms with E-state index in [2.05, 4.69) is 20.8 Å². The second-order valence-electron chi connectivity index (χ2n) is 6.12. The van der Waals surface area contributed by atoms with Crippen molar-refractivity contribution in [1.29, 1.82) is 0 Å². The van der Waals surface area contributed by atoms with E-state index in [1.54, 1.807) is 6.08 Å². The first-order valence-electron chi connectivity index (χ1n) is 8.28. The Hall–Kier alpha value is -1.17. The third kappa shape index (κ3) is 4.66. The van der Waals surface area contributed by atoms with Crippen LogP contribution in [0, 0.1) is 0 Å². The normalized spacial score (nSPS) is 22.8. The number of nitrogens with zero attached hydrogens (tertiary/aromatic N) is 2. The summed E-state index contributed by atoms with van der Waals surface area (Å²) in [6.07, 6.45) is 6.31. The number of carbonyl (C=O) groups excluding carboxylic acids is 1. The van der Waals surface area contributed by atoms with Gasteiger partial charge in [0.15, 0.2) is 0 Å². The van der Waals surface area contributed by atoms with Crippen molar-refractivity contribution in [3.8, 4) is 0 Å². The molecule has 124 valence electrons. The Balaban J connectivity index is 1.47. The Morgan fingerprint density at radius 2 is 2.04 bits per heavy atom. The van der Waals surface area contributed by atoms with Crippen molar-refractivity contribution in [2.45, 2.75) is 18.9 Å². The zero-order valence-corrected chi connectivity index (χ0v) is 14.9. The lowest BCUT2D eigenvalue weighted by molar-refractivity contribution is -0.127. The molecular formula is C18H23BrN2O2. The lowest BCUT2D eigenvalue weighted by atomic mass is 10.2. The number of hydrogen-bond donors (Lipinski definition) is 0.